The number of carbonyl (C=O) groups excluding carboxylic acids is 3. The number of ether oxygens (including phenoxy) is 2. The lowest BCUT2D eigenvalue weighted by atomic mass is 9.75. The fourth-order valence-electron chi connectivity index (χ4n) is 3.30. The highest BCUT2D eigenvalue weighted by atomic mass is 16.5. The summed E-state index contributed by atoms with van der Waals surface area (Å²) in [6, 6.07) is 0. The summed E-state index contributed by atoms with van der Waals surface area (Å²) in [6.45, 7) is 1.77. The second-order valence-corrected chi connectivity index (χ2v) is 4.83. The number of methoxy groups -OCH3 is 2. The van der Waals surface area contributed by atoms with Crippen LogP contribution in [0.25, 0.3) is 0 Å². The van der Waals surface area contributed by atoms with E-state index in [1.165, 1.54) is 14.2 Å². The van der Waals surface area contributed by atoms with Crippen molar-refractivity contribution in [2.45, 2.75) is 19.8 Å². The number of ketones is 1. The molecule has 0 aromatic rings. The lowest BCUT2D eigenvalue weighted by Gasteiger charge is -2.28. The molecule has 0 N–H and O–H groups in total. The minimum absolute atomic E-state index is 0.0865. The summed E-state index contributed by atoms with van der Waals surface area (Å²) in [5.41, 5.74) is -0.678. The second kappa shape index (κ2) is 4.23. The van der Waals surface area contributed by atoms with Crippen LogP contribution in [-0.2, 0) is 23.9 Å². The summed E-state index contributed by atoms with van der Waals surface area (Å²) in [5.74, 6) is -1.90. The van der Waals surface area contributed by atoms with E-state index in [2.05, 4.69) is 0 Å². The molecule has 5 heteroatoms. The molecule has 0 saturated heterocycles. The van der Waals surface area contributed by atoms with Gasteiger partial charge in [0.05, 0.1) is 14.2 Å². The molecule has 0 spiro atoms. The van der Waals surface area contributed by atoms with E-state index < -0.39 is 17.4 Å². The van der Waals surface area contributed by atoms with Crippen molar-refractivity contribution in [1.29, 1.82) is 0 Å². The topological polar surface area (TPSA) is 69.7 Å². The molecule has 2 rings (SSSR count). The van der Waals surface area contributed by atoms with Crippen LogP contribution < -0.4 is 0 Å². The molecule has 0 amide bonds. The molecular weight excluding hydrogens is 236 g/mol. The number of carbonyl (C=O) groups is 3. The standard InChI is InChI=1S/C13H16O5/c1-7-6-13(11(15)17-2,12(16)18-3)8-4-5-9(14)10(7)8/h6,8,10H,4-5H2,1-3H3. The molecule has 1 saturated carbocycles. The number of esters is 2. The van der Waals surface area contributed by atoms with Crippen LogP contribution in [0.5, 0.6) is 0 Å². The molecule has 2 aliphatic rings. The minimum Gasteiger partial charge on any atom is -0.468 e. The quantitative estimate of drug-likeness (QED) is 0.414. The van der Waals surface area contributed by atoms with E-state index in [1.54, 1.807) is 13.0 Å². The van der Waals surface area contributed by atoms with Crippen molar-refractivity contribution < 1.29 is 23.9 Å². The first-order chi connectivity index (χ1) is 8.48. The van der Waals surface area contributed by atoms with Crippen molar-refractivity contribution >= 4 is 17.7 Å². The average molecular weight is 252 g/mol. The van der Waals surface area contributed by atoms with Gasteiger partial charge in [0.25, 0.3) is 0 Å². The summed E-state index contributed by atoms with van der Waals surface area (Å²) < 4.78 is 9.51. The van der Waals surface area contributed by atoms with Crippen molar-refractivity contribution in [3.05, 3.63) is 11.6 Å². The van der Waals surface area contributed by atoms with Gasteiger partial charge in [-0.2, -0.15) is 0 Å². The van der Waals surface area contributed by atoms with Crippen molar-refractivity contribution in [2.75, 3.05) is 14.2 Å². The van der Waals surface area contributed by atoms with Crippen LogP contribution in [0.4, 0.5) is 0 Å². The molecule has 2 aliphatic carbocycles. The maximum absolute atomic E-state index is 12.1. The van der Waals surface area contributed by atoms with Crippen LogP contribution in [0.15, 0.2) is 11.6 Å². The van der Waals surface area contributed by atoms with Gasteiger partial charge in [-0.25, -0.2) is 0 Å². The van der Waals surface area contributed by atoms with E-state index >= 15 is 0 Å². The molecular formula is C13H16O5. The van der Waals surface area contributed by atoms with Crippen LogP contribution in [0.2, 0.25) is 0 Å². The largest absolute Gasteiger partial charge is 0.468 e. The smallest absolute Gasteiger partial charge is 0.327 e. The zero-order chi connectivity index (χ0) is 13.5. The van der Waals surface area contributed by atoms with Crippen molar-refractivity contribution in [3.8, 4) is 0 Å². The Morgan fingerprint density at radius 1 is 1.28 bits per heavy atom. The first kappa shape index (κ1) is 12.8. The molecule has 18 heavy (non-hydrogen) atoms. The SMILES string of the molecule is COC(=O)C1(C(=O)OC)C=C(C)C2C(=O)CCC21. The molecule has 0 radical (unpaired) electrons. The van der Waals surface area contributed by atoms with E-state index in [0.717, 1.165) is 5.57 Å². The summed E-state index contributed by atoms with van der Waals surface area (Å²) in [6.07, 6.45) is 2.47. The maximum Gasteiger partial charge on any atom is 0.327 e. The van der Waals surface area contributed by atoms with E-state index in [9.17, 15) is 14.4 Å². The first-order valence-corrected chi connectivity index (χ1v) is 5.88. The van der Waals surface area contributed by atoms with Crippen molar-refractivity contribution in [1.82, 2.24) is 0 Å². The fourth-order valence-corrected chi connectivity index (χ4v) is 3.30. The van der Waals surface area contributed by atoms with Crippen LogP contribution in [0.1, 0.15) is 19.8 Å². The lowest BCUT2D eigenvalue weighted by molar-refractivity contribution is -0.168. The average Bonchev–Trinajstić information content (AvgIpc) is 2.88. The molecule has 0 bridgehead atoms. The second-order valence-electron chi connectivity index (χ2n) is 4.83. The van der Waals surface area contributed by atoms with Gasteiger partial charge in [0, 0.05) is 18.3 Å². The highest BCUT2D eigenvalue weighted by molar-refractivity contribution is 6.05. The highest BCUT2D eigenvalue weighted by Crippen LogP contribution is 2.53. The number of hydrogen-bond acceptors (Lipinski definition) is 5. The van der Waals surface area contributed by atoms with Crippen molar-refractivity contribution in [2.24, 2.45) is 17.3 Å². The number of rotatable bonds is 2. The van der Waals surface area contributed by atoms with Crippen LogP contribution >= 0.6 is 0 Å². The predicted molar refractivity (Wildman–Crippen MR) is 61.4 cm³/mol. The number of allylic oxidation sites excluding steroid dienone is 1. The van der Waals surface area contributed by atoms with Gasteiger partial charge < -0.3 is 9.47 Å². The third kappa shape index (κ3) is 1.43. The van der Waals surface area contributed by atoms with Gasteiger partial charge in [-0.3, -0.25) is 14.4 Å². The summed E-state index contributed by atoms with van der Waals surface area (Å²) in [5, 5.41) is 0. The Morgan fingerprint density at radius 3 is 2.33 bits per heavy atom. The van der Waals surface area contributed by atoms with Crippen LogP contribution in [0, 0.1) is 17.3 Å². The molecule has 98 valence electrons. The van der Waals surface area contributed by atoms with Crippen LogP contribution in [-0.4, -0.2) is 31.9 Å². The Balaban J connectivity index is 2.53. The molecule has 2 atom stereocenters. The Hall–Kier alpha value is -1.65. The van der Waals surface area contributed by atoms with E-state index in [-0.39, 0.29) is 17.6 Å². The zero-order valence-corrected chi connectivity index (χ0v) is 10.7. The van der Waals surface area contributed by atoms with Gasteiger partial charge in [0.15, 0.2) is 5.41 Å². The predicted octanol–water partition coefficient (Wildman–Crippen LogP) is 0.874. The molecule has 0 aromatic heterocycles. The minimum atomic E-state index is -1.44. The van der Waals surface area contributed by atoms with Crippen LogP contribution in [0.3, 0.4) is 0 Å². The molecule has 0 aromatic carbocycles. The normalized spacial score (nSPS) is 28.6. The number of hydrogen-bond donors (Lipinski definition) is 0. The Labute approximate surface area is 105 Å². The highest BCUT2D eigenvalue weighted by Gasteiger charge is 2.62. The van der Waals surface area contributed by atoms with Gasteiger partial charge in [-0.1, -0.05) is 11.6 Å². The van der Waals surface area contributed by atoms with Gasteiger partial charge >= 0.3 is 11.9 Å². The maximum atomic E-state index is 12.1. The lowest BCUT2D eigenvalue weighted by Crippen LogP contribution is -2.44. The van der Waals surface area contributed by atoms with Gasteiger partial charge in [-0.15, -0.1) is 0 Å². The summed E-state index contributed by atoms with van der Waals surface area (Å²) in [7, 11) is 2.47. The first-order valence-electron chi connectivity index (χ1n) is 5.88. The Morgan fingerprint density at radius 2 is 1.83 bits per heavy atom. The fraction of sp³-hybridized carbons (Fsp3) is 0.615. The third-order valence-corrected chi connectivity index (χ3v) is 4.03. The van der Waals surface area contributed by atoms with E-state index in [4.69, 9.17) is 9.47 Å². The third-order valence-electron chi connectivity index (χ3n) is 4.03. The molecule has 2 unspecified atom stereocenters. The van der Waals surface area contributed by atoms with Gasteiger partial charge in [0.2, 0.25) is 0 Å². The van der Waals surface area contributed by atoms with Gasteiger partial charge in [-0.05, 0) is 13.3 Å². The molecule has 1 fully saturated rings. The molecule has 5 nitrogen and oxygen atoms in total. The van der Waals surface area contributed by atoms with Gasteiger partial charge in [0.1, 0.15) is 5.78 Å². The zero-order valence-electron chi connectivity index (χ0n) is 10.7. The van der Waals surface area contributed by atoms with E-state index in [0.29, 0.717) is 12.8 Å². The van der Waals surface area contributed by atoms with Crippen molar-refractivity contribution in [3.63, 3.8) is 0 Å². The van der Waals surface area contributed by atoms with E-state index in [1.807, 2.05) is 0 Å². The Kier molecular flexibility index (Phi) is 3.00. The number of fused-ring (bicyclic) bond motifs is 1. The monoisotopic (exact) mass is 252 g/mol. The Bertz CT molecular complexity index is 432. The molecule has 0 heterocycles. The number of Topliss-reactive ketones (excluding diaryl/α,β-unsaturated/α-hetero) is 1. The summed E-state index contributed by atoms with van der Waals surface area (Å²) in [4.78, 5) is 35.9. The summed E-state index contributed by atoms with van der Waals surface area (Å²) >= 11 is 0. The molecule has 0 aliphatic heterocycles.